The SMILES string of the molecule is CCCN(CC(C)(C)CN)C(C)C(C)OC. The molecule has 0 aliphatic heterocycles. The molecule has 0 spiro atoms. The van der Waals surface area contributed by atoms with Crippen LogP contribution in [0.4, 0.5) is 0 Å². The second kappa shape index (κ2) is 7.25. The first-order valence-corrected chi connectivity index (χ1v) is 6.35. The number of nitrogens with zero attached hydrogens (tertiary/aromatic N) is 1. The van der Waals surface area contributed by atoms with Crippen LogP contribution in [0.15, 0.2) is 0 Å². The lowest BCUT2D eigenvalue weighted by molar-refractivity contribution is 0.0190. The maximum Gasteiger partial charge on any atom is 0.0695 e. The zero-order chi connectivity index (χ0) is 12.8. The van der Waals surface area contributed by atoms with Crippen LogP contribution in [0, 0.1) is 5.41 Å². The first-order chi connectivity index (χ1) is 7.37. The highest BCUT2D eigenvalue weighted by molar-refractivity contribution is 4.80. The summed E-state index contributed by atoms with van der Waals surface area (Å²) in [4.78, 5) is 2.49. The molecule has 0 aromatic rings. The minimum Gasteiger partial charge on any atom is -0.380 e. The number of ether oxygens (including phenoxy) is 1. The molecule has 3 heteroatoms. The molecule has 0 aromatic heterocycles. The Morgan fingerprint density at radius 1 is 1.31 bits per heavy atom. The molecule has 0 saturated heterocycles. The molecule has 16 heavy (non-hydrogen) atoms. The monoisotopic (exact) mass is 230 g/mol. The molecule has 0 aliphatic rings. The molecule has 0 aliphatic carbocycles. The van der Waals surface area contributed by atoms with Gasteiger partial charge in [0.15, 0.2) is 0 Å². The summed E-state index contributed by atoms with van der Waals surface area (Å²) < 4.78 is 5.41. The molecule has 2 N–H and O–H groups in total. The lowest BCUT2D eigenvalue weighted by Gasteiger charge is -2.37. The maximum absolute atomic E-state index is 5.80. The molecule has 0 rings (SSSR count). The van der Waals surface area contributed by atoms with Crippen molar-refractivity contribution >= 4 is 0 Å². The number of rotatable bonds is 8. The van der Waals surface area contributed by atoms with Gasteiger partial charge in [-0.15, -0.1) is 0 Å². The highest BCUT2D eigenvalue weighted by atomic mass is 16.5. The summed E-state index contributed by atoms with van der Waals surface area (Å²) in [5, 5.41) is 0. The fourth-order valence-electron chi connectivity index (χ4n) is 1.82. The van der Waals surface area contributed by atoms with Crippen molar-refractivity contribution in [2.45, 2.75) is 53.2 Å². The van der Waals surface area contributed by atoms with Crippen LogP contribution in [-0.2, 0) is 4.74 Å². The first kappa shape index (κ1) is 15.9. The number of nitrogens with two attached hydrogens (primary N) is 1. The summed E-state index contributed by atoms with van der Waals surface area (Å²) in [6.45, 7) is 13.9. The highest BCUT2D eigenvalue weighted by Crippen LogP contribution is 2.18. The smallest absolute Gasteiger partial charge is 0.0695 e. The molecule has 0 radical (unpaired) electrons. The van der Waals surface area contributed by atoms with Crippen molar-refractivity contribution in [3.8, 4) is 0 Å². The standard InChI is InChI=1S/C13H30N2O/c1-7-8-15(10-13(4,5)9-14)11(2)12(3)16-6/h11-12H,7-10,14H2,1-6H3. The fraction of sp³-hybridized carbons (Fsp3) is 1.00. The number of methoxy groups -OCH3 is 1. The van der Waals surface area contributed by atoms with Crippen molar-refractivity contribution in [1.29, 1.82) is 0 Å². The molecule has 0 fully saturated rings. The van der Waals surface area contributed by atoms with Crippen molar-refractivity contribution < 1.29 is 4.74 Å². The van der Waals surface area contributed by atoms with Crippen molar-refractivity contribution in [1.82, 2.24) is 4.90 Å². The van der Waals surface area contributed by atoms with Gasteiger partial charge in [-0.2, -0.15) is 0 Å². The minimum absolute atomic E-state index is 0.177. The molecule has 3 nitrogen and oxygen atoms in total. The van der Waals surface area contributed by atoms with Crippen LogP contribution >= 0.6 is 0 Å². The molecular weight excluding hydrogens is 200 g/mol. The van der Waals surface area contributed by atoms with E-state index < -0.39 is 0 Å². The van der Waals surface area contributed by atoms with Gasteiger partial charge in [-0.1, -0.05) is 20.8 Å². The molecule has 98 valence electrons. The fourth-order valence-corrected chi connectivity index (χ4v) is 1.82. The van der Waals surface area contributed by atoms with E-state index in [-0.39, 0.29) is 11.5 Å². The third-order valence-corrected chi connectivity index (χ3v) is 3.32. The molecule has 2 unspecified atom stereocenters. The van der Waals surface area contributed by atoms with E-state index >= 15 is 0 Å². The van der Waals surface area contributed by atoms with Crippen LogP contribution in [0.2, 0.25) is 0 Å². The Kier molecular flexibility index (Phi) is 7.20. The van der Waals surface area contributed by atoms with Crippen molar-refractivity contribution in [2.75, 3.05) is 26.7 Å². The Bertz CT molecular complexity index is 183. The van der Waals surface area contributed by atoms with E-state index in [1.54, 1.807) is 7.11 Å². The summed E-state index contributed by atoms with van der Waals surface area (Å²) in [7, 11) is 1.78. The molecule has 0 heterocycles. The molecule has 0 amide bonds. The highest BCUT2D eigenvalue weighted by Gasteiger charge is 2.25. The van der Waals surface area contributed by atoms with Crippen LogP contribution in [0.1, 0.15) is 41.0 Å². The Balaban J connectivity index is 4.48. The molecular formula is C13H30N2O. The van der Waals surface area contributed by atoms with Crippen molar-refractivity contribution in [3.63, 3.8) is 0 Å². The topological polar surface area (TPSA) is 38.5 Å². The van der Waals surface area contributed by atoms with Crippen LogP contribution in [0.25, 0.3) is 0 Å². The van der Waals surface area contributed by atoms with Gasteiger partial charge < -0.3 is 10.5 Å². The van der Waals surface area contributed by atoms with Gasteiger partial charge >= 0.3 is 0 Å². The van der Waals surface area contributed by atoms with Crippen LogP contribution in [-0.4, -0.2) is 43.8 Å². The lowest BCUT2D eigenvalue weighted by Crippen LogP contribution is -2.47. The van der Waals surface area contributed by atoms with Gasteiger partial charge in [0, 0.05) is 19.7 Å². The molecule has 0 bridgehead atoms. The largest absolute Gasteiger partial charge is 0.380 e. The van der Waals surface area contributed by atoms with Gasteiger partial charge in [0.1, 0.15) is 0 Å². The van der Waals surface area contributed by atoms with E-state index in [9.17, 15) is 0 Å². The normalized spacial score (nSPS) is 16.5. The third-order valence-electron chi connectivity index (χ3n) is 3.32. The molecule has 0 aromatic carbocycles. The van der Waals surface area contributed by atoms with E-state index in [1.165, 1.54) is 6.42 Å². The summed E-state index contributed by atoms with van der Waals surface area (Å²) in [6.07, 6.45) is 1.43. The van der Waals surface area contributed by atoms with E-state index in [0.717, 1.165) is 19.6 Å². The maximum atomic E-state index is 5.80. The zero-order valence-corrected chi connectivity index (χ0v) is 11.9. The second-order valence-corrected chi connectivity index (χ2v) is 5.52. The quantitative estimate of drug-likeness (QED) is 0.694. The third kappa shape index (κ3) is 5.28. The summed E-state index contributed by atoms with van der Waals surface area (Å²) in [5.41, 5.74) is 5.98. The summed E-state index contributed by atoms with van der Waals surface area (Å²) >= 11 is 0. The lowest BCUT2D eigenvalue weighted by atomic mass is 9.92. The van der Waals surface area contributed by atoms with E-state index in [1.807, 2.05) is 0 Å². The van der Waals surface area contributed by atoms with E-state index in [2.05, 4.69) is 39.5 Å². The number of hydrogen-bond donors (Lipinski definition) is 1. The zero-order valence-electron chi connectivity index (χ0n) is 11.9. The van der Waals surface area contributed by atoms with Gasteiger partial charge in [0.25, 0.3) is 0 Å². The van der Waals surface area contributed by atoms with Gasteiger partial charge in [0.05, 0.1) is 6.10 Å². The van der Waals surface area contributed by atoms with Crippen LogP contribution < -0.4 is 5.73 Å². The average Bonchev–Trinajstić information content (AvgIpc) is 2.26. The molecule has 2 atom stereocenters. The molecule has 0 saturated carbocycles. The Morgan fingerprint density at radius 3 is 2.25 bits per heavy atom. The predicted molar refractivity (Wildman–Crippen MR) is 70.6 cm³/mol. The summed E-state index contributed by atoms with van der Waals surface area (Å²) in [5.74, 6) is 0. The van der Waals surface area contributed by atoms with Crippen LogP contribution in [0.5, 0.6) is 0 Å². The van der Waals surface area contributed by atoms with E-state index in [0.29, 0.717) is 6.04 Å². The average molecular weight is 230 g/mol. The Labute approximate surface area is 101 Å². The number of hydrogen-bond acceptors (Lipinski definition) is 3. The Morgan fingerprint density at radius 2 is 1.88 bits per heavy atom. The Hall–Kier alpha value is -0.120. The second-order valence-electron chi connectivity index (χ2n) is 5.52. The van der Waals surface area contributed by atoms with E-state index in [4.69, 9.17) is 10.5 Å². The van der Waals surface area contributed by atoms with Gasteiger partial charge in [-0.05, 0) is 38.8 Å². The van der Waals surface area contributed by atoms with Gasteiger partial charge in [-0.3, -0.25) is 4.90 Å². The van der Waals surface area contributed by atoms with Crippen molar-refractivity contribution in [2.24, 2.45) is 11.1 Å². The van der Waals surface area contributed by atoms with Gasteiger partial charge in [-0.25, -0.2) is 0 Å². The van der Waals surface area contributed by atoms with Gasteiger partial charge in [0.2, 0.25) is 0 Å². The first-order valence-electron chi connectivity index (χ1n) is 6.35. The van der Waals surface area contributed by atoms with Crippen molar-refractivity contribution in [3.05, 3.63) is 0 Å². The predicted octanol–water partition coefficient (Wildman–Crippen LogP) is 2.11. The minimum atomic E-state index is 0.177. The summed E-state index contributed by atoms with van der Waals surface area (Å²) in [6, 6.07) is 0.441. The van der Waals surface area contributed by atoms with Crippen LogP contribution in [0.3, 0.4) is 0 Å².